The zero-order valence-corrected chi connectivity index (χ0v) is 9.30. The van der Waals surface area contributed by atoms with E-state index in [0.29, 0.717) is 11.1 Å². The van der Waals surface area contributed by atoms with Gasteiger partial charge in [-0.05, 0) is 17.7 Å². The minimum Gasteiger partial charge on any atom is -0.480 e. The van der Waals surface area contributed by atoms with E-state index in [1.54, 1.807) is 12.1 Å². The van der Waals surface area contributed by atoms with Gasteiger partial charge in [-0.3, -0.25) is 4.79 Å². The summed E-state index contributed by atoms with van der Waals surface area (Å²) in [6.07, 6.45) is 3.01. The van der Waals surface area contributed by atoms with E-state index in [4.69, 9.17) is 5.11 Å². The van der Waals surface area contributed by atoms with Gasteiger partial charge in [0.05, 0.1) is 0 Å². The highest BCUT2D eigenvalue weighted by Gasteiger charge is 2.02. The third-order valence-corrected chi connectivity index (χ3v) is 2.21. The van der Waals surface area contributed by atoms with Gasteiger partial charge in [0, 0.05) is 18.0 Å². The van der Waals surface area contributed by atoms with E-state index in [1.807, 2.05) is 0 Å². The van der Waals surface area contributed by atoms with Crippen LogP contribution in [-0.4, -0.2) is 27.6 Å². The lowest BCUT2D eigenvalue weighted by Gasteiger charge is -2.03. The van der Waals surface area contributed by atoms with Crippen LogP contribution in [0.2, 0.25) is 0 Å². The second-order valence-electron chi connectivity index (χ2n) is 3.55. The average Bonchev–Trinajstić information content (AvgIpc) is 2.37. The lowest BCUT2D eigenvalue weighted by atomic mass is 10.1. The Hall–Kier alpha value is -2.50. The molecule has 0 spiro atoms. The first kappa shape index (κ1) is 12.0. The highest BCUT2D eigenvalue weighted by molar-refractivity contribution is 5.72. The quantitative estimate of drug-likeness (QED) is 0.861. The van der Waals surface area contributed by atoms with Crippen LogP contribution in [0.3, 0.4) is 0 Å². The Morgan fingerprint density at radius 3 is 2.61 bits per heavy atom. The van der Waals surface area contributed by atoms with E-state index in [2.05, 4.69) is 15.3 Å². The van der Waals surface area contributed by atoms with Crippen LogP contribution >= 0.6 is 0 Å². The van der Waals surface area contributed by atoms with E-state index < -0.39 is 5.97 Å². The van der Waals surface area contributed by atoms with E-state index in [9.17, 15) is 9.18 Å². The number of halogens is 1. The summed E-state index contributed by atoms with van der Waals surface area (Å²) >= 11 is 0. The highest BCUT2D eigenvalue weighted by atomic mass is 19.1. The number of carbonyl (C=O) groups is 1. The molecule has 0 aliphatic heterocycles. The number of rotatable bonds is 4. The number of nitrogens with zero attached hydrogens (tertiary/aromatic N) is 2. The Kier molecular flexibility index (Phi) is 3.47. The third kappa shape index (κ3) is 3.00. The Bertz CT molecular complexity index is 558. The van der Waals surface area contributed by atoms with Gasteiger partial charge in [0.2, 0.25) is 5.95 Å². The monoisotopic (exact) mass is 247 g/mol. The van der Waals surface area contributed by atoms with E-state index in [1.165, 1.54) is 24.5 Å². The zero-order valence-electron chi connectivity index (χ0n) is 9.30. The number of aliphatic carboxylic acids is 1. The van der Waals surface area contributed by atoms with Gasteiger partial charge < -0.3 is 10.4 Å². The fraction of sp³-hybridized carbons (Fsp3) is 0.0833. The highest BCUT2D eigenvalue weighted by Crippen LogP contribution is 2.18. The number of hydrogen-bond donors (Lipinski definition) is 2. The van der Waals surface area contributed by atoms with Crippen LogP contribution in [0.5, 0.6) is 0 Å². The topological polar surface area (TPSA) is 75.1 Å². The van der Waals surface area contributed by atoms with Gasteiger partial charge in [-0.25, -0.2) is 14.4 Å². The third-order valence-electron chi connectivity index (χ3n) is 2.21. The van der Waals surface area contributed by atoms with Crippen LogP contribution in [0.4, 0.5) is 10.3 Å². The number of aromatic nitrogens is 2. The molecule has 92 valence electrons. The van der Waals surface area contributed by atoms with Crippen molar-refractivity contribution in [1.82, 2.24) is 9.97 Å². The number of benzene rings is 1. The molecule has 0 aliphatic carbocycles. The van der Waals surface area contributed by atoms with Crippen LogP contribution in [0.15, 0.2) is 36.7 Å². The van der Waals surface area contributed by atoms with Gasteiger partial charge in [0.25, 0.3) is 0 Å². The van der Waals surface area contributed by atoms with Crippen molar-refractivity contribution in [3.63, 3.8) is 0 Å². The number of hydrogen-bond acceptors (Lipinski definition) is 4. The maximum atomic E-state index is 13.0. The van der Waals surface area contributed by atoms with Gasteiger partial charge in [0.15, 0.2) is 0 Å². The smallest absolute Gasteiger partial charge is 0.322 e. The first-order valence-corrected chi connectivity index (χ1v) is 5.19. The van der Waals surface area contributed by atoms with Gasteiger partial charge in [-0.15, -0.1) is 0 Å². The molecule has 0 atom stereocenters. The molecule has 0 saturated heterocycles. The van der Waals surface area contributed by atoms with Crippen molar-refractivity contribution in [3.05, 3.63) is 42.5 Å². The summed E-state index contributed by atoms with van der Waals surface area (Å²) in [5, 5.41) is 11.0. The summed E-state index contributed by atoms with van der Waals surface area (Å²) < 4.78 is 13.0. The molecule has 0 aliphatic rings. The molecule has 0 unspecified atom stereocenters. The molecule has 5 nitrogen and oxygen atoms in total. The van der Waals surface area contributed by atoms with Crippen molar-refractivity contribution in [2.45, 2.75) is 0 Å². The number of nitrogens with one attached hydrogen (secondary N) is 1. The molecule has 0 amide bonds. The molecule has 1 aromatic heterocycles. The second kappa shape index (κ2) is 5.22. The van der Waals surface area contributed by atoms with Crippen LogP contribution in [0.1, 0.15) is 0 Å². The van der Waals surface area contributed by atoms with Gasteiger partial charge in [-0.1, -0.05) is 12.1 Å². The number of carboxylic acid groups (broad SMARTS) is 1. The first-order chi connectivity index (χ1) is 8.65. The first-order valence-electron chi connectivity index (χ1n) is 5.19. The molecule has 0 saturated carbocycles. The summed E-state index contributed by atoms with van der Waals surface area (Å²) in [5.41, 5.74) is 1.33. The van der Waals surface area contributed by atoms with E-state index >= 15 is 0 Å². The molecule has 0 radical (unpaired) electrons. The van der Waals surface area contributed by atoms with Gasteiger partial charge >= 0.3 is 5.97 Å². The summed E-state index contributed by atoms with van der Waals surface area (Å²) in [4.78, 5) is 18.2. The Morgan fingerprint density at radius 2 is 2.00 bits per heavy atom. The molecular weight excluding hydrogens is 237 g/mol. The predicted molar refractivity (Wildman–Crippen MR) is 63.6 cm³/mol. The van der Waals surface area contributed by atoms with E-state index in [0.717, 1.165) is 0 Å². The largest absolute Gasteiger partial charge is 0.480 e. The zero-order chi connectivity index (χ0) is 13.0. The Labute approximate surface area is 102 Å². The minimum absolute atomic E-state index is 0.220. The normalized spacial score (nSPS) is 10.1. The molecule has 2 rings (SSSR count). The van der Waals surface area contributed by atoms with Crippen LogP contribution in [0.25, 0.3) is 11.1 Å². The second-order valence-corrected chi connectivity index (χ2v) is 3.55. The number of carboxylic acids is 1. The fourth-order valence-electron chi connectivity index (χ4n) is 1.39. The summed E-state index contributed by atoms with van der Waals surface area (Å²) in [5.74, 6) is -1.11. The lowest BCUT2D eigenvalue weighted by Crippen LogP contribution is -2.14. The van der Waals surface area contributed by atoms with Crippen molar-refractivity contribution in [2.24, 2.45) is 0 Å². The van der Waals surface area contributed by atoms with Crippen molar-refractivity contribution in [2.75, 3.05) is 11.9 Å². The van der Waals surface area contributed by atoms with Crippen molar-refractivity contribution < 1.29 is 14.3 Å². The fourth-order valence-corrected chi connectivity index (χ4v) is 1.39. The number of anilines is 1. The molecule has 2 aromatic rings. The molecular formula is C12H10FN3O2. The Balaban J connectivity index is 2.14. The molecule has 2 N–H and O–H groups in total. The maximum absolute atomic E-state index is 13.0. The van der Waals surface area contributed by atoms with Crippen molar-refractivity contribution in [3.8, 4) is 11.1 Å². The van der Waals surface area contributed by atoms with Crippen LogP contribution < -0.4 is 5.32 Å². The molecule has 0 fully saturated rings. The summed E-state index contributed by atoms with van der Waals surface area (Å²) in [6, 6.07) is 6.07. The van der Waals surface area contributed by atoms with Crippen LogP contribution in [-0.2, 0) is 4.79 Å². The molecule has 1 aromatic carbocycles. The predicted octanol–water partition coefficient (Wildman–Crippen LogP) is 1.78. The summed E-state index contributed by atoms with van der Waals surface area (Å²) in [6.45, 7) is -0.251. The SMILES string of the molecule is O=C(O)CNc1ncc(-c2cccc(F)c2)cn1. The molecule has 6 heteroatoms. The Morgan fingerprint density at radius 1 is 1.28 bits per heavy atom. The van der Waals surface area contributed by atoms with Crippen LogP contribution in [0, 0.1) is 5.82 Å². The van der Waals surface area contributed by atoms with Gasteiger partial charge in [-0.2, -0.15) is 0 Å². The summed E-state index contributed by atoms with van der Waals surface area (Å²) in [7, 11) is 0. The standard InChI is InChI=1S/C12H10FN3O2/c13-10-3-1-2-8(4-10)9-5-14-12(15-6-9)16-7-11(17)18/h1-6H,7H2,(H,17,18)(H,14,15,16). The lowest BCUT2D eigenvalue weighted by molar-refractivity contribution is -0.134. The maximum Gasteiger partial charge on any atom is 0.322 e. The molecule has 0 bridgehead atoms. The van der Waals surface area contributed by atoms with Crippen molar-refractivity contribution >= 4 is 11.9 Å². The van der Waals surface area contributed by atoms with E-state index in [-0.39, 0.29) is 18.3 Å². The van der Waals surface area contributed by atoms with Crippen molar-refractivity contribution in [1.29, 1.82) is 0 Å². The van der Waals surface area contributed by atoms with Gasteiger partial charge in [0.1, 0.15) is 12.4 Å². The average molecular weight is 247 g/mol. The molecule has 18 heavy (non-hydrogen) atoms. The minimum atomic E-state index is -0.993. The molecule has 1 heterocycles.